The fourth-order valence-corrected chi connectivity index (χ4v) is 5.89. The van der Waals surface area contributed by atoms with Crippen LogP contribution in [-0.4, -0.2) is 5.71 Å². The molecule has 3 aliphatic rings. The average Bonchev–Trinajstić information content (AvgIpc) is 3.95. The fourth-order valence-electron chi connectivity index (χ4n) is 5.89. The Kier molecular flexibility index (Phi) is 21.2. The van der Waals surface area contributed by atoms with Gasteiger partial charge in [-0.15, -0.1) is 0 Å². The number of hydrogen-bond donors (Lipinski definition) is 0. The molecule has 0 bridgehead atoms. The smallest absolute Gasteiger partial charge is 2.00 e. The molecule has 3 aromatic carbocycles. The van der Waals surface area contributed by atoms with E-state index in [1.165, 1.54) is 39.2 Å². The van der Waals surface area contributed by atoms with Crippen LogP contribution in [0.1, 0.15) is 114 Å². The number of rotatable bonds is 8. The minimum absolute atomic E-state index is 0. The quantitative estimate of drug-likeness (QED) is 0.128. The first-order valence-corrected chi connectivity index (χ1v) is 19.8. The molecule has 3 aromatic rings. The summed E-state index contributed by atoms with van der Waals surface area (Å²) in [5.74, 6) is 2.91. The van der Waals surface area contributed by atoms with Crippen molar-refractivity contribution < 1.29 is 35.2 Å². The van der Waals surface area contributed by atoms with Gasteiger partial charge in [-0.05, 0) is 110 Å². The van der Waals surface area contributed by atoms with Crippen molar-refractivity contribution in [2.75, 3.05) is 9.80 Å². The molecule has 2 saturated carbocycles. The molecule has 1 aliphatic heterocycles. The van der Waals surface area contributed by atoms with Gasteiger partial charge in [-0.1, -0.05) is 122 Å². The molecule has 12 radical (unpaired) electrons. The molecule has 0 N–H and O–H groups in total. The Morgan fingerprint density at radius 1 is 0.635 bits per heavy atom. The number of hydrogen-bond acceptors (Lipinski definition) is 3. The molecular weight excluding hydrogens is 792 g/mol. The number of halogens is 1. The third kappa shape index (κ3) is 13.5. The van der Waals surface area contributed by atoms with E-state index in [1.54, 1.807) is 0 Å². The first-order valence-electron chi connectivity index (χ1n) is 17.8. The summed E-state index contributed by atoms with van der Waals surface area (Å²) in [5.41, 5.74) is 11.3. The van der Waals surface area contributed by atoms with Gasteiger partial charge >= 0.3 is 44.8 Å². The third-order valence-corrected chi connectivity index (χ3v) is 8.62. The standard InChI is InChI=1S/C27H36N2.C14H13N.C5H5.ClH.Fe.Pd/c1-18(2)22-11-9-12-23(19(3)4)26(22)28-15-16-29(17-28)27-24(20(5)6)13-10-14-25(27)21(7)8;1-11-7-9-14(10-8-11)15-12(2)13-5-3-4-6-13;1-2-4-5-3-1;;;/h9-16,18-21H,1-8H3;3-5,7-10H,1-2H3;1-5H;1H;;/q;-1;;;2*+2/p-1. The van der Waals surface area contributed by atoms with E-state index in [1.807, 2.05) is 70.4 Å². The number of anilines is 2. The van der Waals surface area contributed by atoms with Crippen molar-refractivity contribution in [2.45, 2.75) is 92.9 Å². The van der Waals surface area contributed by atoms with E-state index >= 15 is 0 Å². The van der Waals surface area contributed by atoms with Crippen molar-refractivity contribution in [1.82, 2.24) is 0 Å². The molecule has 0 unspecified atom stereocenters. The maximum absolute atomic E-state index is 4.53. The summed E-state index contributed by atoms with van der Waals surface area (Å²) in [6.45, 7) is 25.9. The van der Waals surface area contributed by atoms with Crippen molar-refractivity contribution in [1.29, 1.82) is 0 Å². The monoisotopic (exact) mass is 845 g/mol. The van der Waals surface area contributed by atoms with Crippen LogP contribution in [0.3, 0.4) is 0 Å². The second-order valence-electron chi connectivity index (χ2n) is 13.9. The van der Waals surface area contributed by atoms with Crippen molar-refractivity contribution in [3.8, 4) is 0 Å². The fraction of sp³-hybridized carbons (Fsp3) is 0.304. The number of para-hydroxylation sites is 2. The van der Waals surface area contributed by atoms with E-state index in [4.69, 9.17) is 0 Å². The van der Waals surface area contributed by atoms with Gasteiger partial charge in [-0.2, -0.15) is 5.92 Å². The molecule has 3 nitrogen and oxygen atoms in total. The van der Waals surface area contributed by atoms with Gasteiger partial charge in [0.2, 0.25) is 6.67 Å². The minimum atomic E-state index is 0. The summed E-state index contributed by atoms with van der Waals surface area (Å²) < 4.78 is 0. The van der Waals surface area contributed by atoms with Crippen LogP contribution >= 0.6 is 9.53 Å². The van der Waals surface area contributed by atoms with Crippen LogP contribution in [0, 0.1) is 77.3 Å². The maximum atomic E-state index is 4.53. The summed E-state index contributed by atoms with van der Waals surface area (Å²) in [5, 5.41) is 0. The van der Waals surface area contributed by atoms with E-state index in [-0.39, 0.29) is 17.1 Å². The van der Waals surface area contributed by atoms with E-state index in [9.17, 15) is 0 Å². The Labute approximate surface area is 344 Å². The van der Waals surface area contributed by atoms with Gasteiger partial charge in [0.15, 0.2) is 0 Å². The van der Waals surface area contributed by atoms with Crippen molar-refractivity contribution >= 4 is 32.3 Å². The minimum Gasteiger partial charge on any atom is 2.00 e. The zero-order valence-electron chi connectivity index (χ0n) is 32.2. The normalized spacial score (nSPS) is 15.8. The van der Waals surface area contributed by atoms with Gasteiger partial charge in [0.05, 0.1) is 17.1 Å². The Hall–Kier alpha value is -1.86. The van der Waals surface area contributed by atoms with Crippen molar-refractivity contribution in [2.24, 2.45) is 4.99 Å². The summed E-state index contributed by atoms with van der Waals surface area (Å²) in [6, 6.07) is 21.6. The van der Waals surface area contributed by atoms with Gasteiger partial charge in [-0.3, -0.25) is 4.99 Å². The second kappa shape index (κ2) is 23.8. The van der Waals surface area contributed by atoms with Crippen LogP contribution in [0.15, 0.2) is 78.1 Å². The molecular formula is C46H54ClFeN3Pd+2. The van der Waals surface area contributed by atoms with Gasteiger partial charge in [0.25, 0.3) is 0 Å². The van der Waals surface area contributed by atoms with Crippen molar-refractivity contribution in [3.63, 3.8) is 0 Å². The Bertz CT molecular complexity index is 1390. The number of benzene rings is 3. The predicted molar refractivity (Wildman–Crippen MR) is 217 cm³/mol. The van der Waals surface area contributed by atoms with Crippen LogP contribution in [-0.2, 0) is 35.2 Å². The van der Waals surface area contributed by atoms with Crippen LogP contribution in [0.2, 0.25) is 0 Å². The predicted octanol–water partition coefficient (Wildman–Crippen LogP) is 13.0. The van der Waals surface area contributed by atoms with E-state index in [2.05, 4.69) is 179 Å². The molecule has 0 spiro atoms. The average molecular weight is 847 g/mol. The molecule has 276 valence electrons. The third-order valence-electron chi connectivity index (χ3n) is 8.62. The zero-order chi connectivity index (χ0) is 37.5. The van der Waals surface area contributed by atoms with Crippen LogP contribution in [0.5, 0.6) is 0 Å². The topological polar surface area (TPSA) is 18.8 Å². The Morgan fingerprint density at radius 2 is 1.02 bits per heavy atom. The van der Waals surface area contributed by atoms with Gasteiger partial charge in [0, 0.05) is 12.4 Å². The second-order valence-corrected chi connectivity index (χ2v) is 13.9. The molecule has 1 heterocycles. The van der Waals surface area contributed by atoms with Crippen LogP contribution in [0.25, 0.3) is 0 Å². The van der Waals surface area contributed by atoms with Gasteiger partial charge in [0.1, 0.15) is 0 Å². The van der Waals surface area contributed by atoms with E-state index in [0.717, 1.165) is 17.3 Å². The summed E-state index contributed by atoms with van der Waals surface area (Å²) in [6.07, 6.45) is 23.4. The molecule has 52 heavy (non-hydrogen) atoms. The first kappa shape index (κ1) is 46.3. The first-order chi connectivity index (χ1) is 24.5. The number of aryl methyl sites for hydroxylation is 1. The number of aliphatic imine (C=N–C) groups is 1. The van der Waals surface area contributed by atoms with E-state index in [0.29, 0.717) is 23.7 Å². The Morgan fingerprint density at radius 3 is 1.35 bits per heavy atom. The molecule has 2 aliphatic carbocycles. The molecule has 2 fully saturated rings. The molecule has 6 rings (SSSR count). The van der Waals surface area contributed by atoms with Crippen molar-refractivity contribution in [3.05, 3.63) is 171 Å². The Balaban J connectivity index is 0.000000337. The molecule has 6 heteroatoms. The summed E-state index contributed by atoms with van der Waals surface area (Å²) in [4.78, 5) is 8.93. The van der Waals surface area contributed by atoms with E-state index < -0.39 is 0 Å². The van der Waals surface area contributed by atoms with Crippen LogP contribution in [0.4, 0.5) is 17.1 Å². The SMILES string of the molecule is CC(=Nc1ccc(C)cc1)[C]1[C-][CH][CH][CH]1.CC(C)c1cccc(C(C)C)c1N1[C]N(c2c(C(C)C)cccc2C(C)C)C=C1.[CH]1[CH][CH][CH][CH]1.[Cl][Pd+].[Fe+2]. The van der Waals surface area contributed by atoms with Crippen LogP contribution < -0.4 is 9.80 Å². The van der Waals surface area contributed by atoms with Gasteiger partial charge < -0.3 is 16.2 Å². The zero-order valence-corrected chi connectivity index (χ0v) is 35.7. The summed E-state index contributed by atoms with van der Waals surface area (Å²) >= 11 is 2.22. The summed E-state index contributed by atoms with van der Waals surface area (Å²) in [7, 11) is 4.49. The largest absolute Gasteiger partial charge is 2.00 e. The molecule has 0 aromatic heterocycles. The molecule has 0 saturated heterocycles. The molecule has 0 amide bonds. The molecule has 0 atom stereocenters. The maximum Gasteiger partial charge on any atom is 2.00 e. The number of nitrogens with zero attached hydrogens (tertiary/aromatic N) is 3. The van der Waals surface area contributed by atoms with Gasteiger partial charge in [-0.25, -0.2) is 6.42 Å².